The van der Waals surface area contributed by atoms with Crippen molar-refractivity contribution >= 4 is 0 Å². The zero-order valence-electron chi connectivity index (χ0n) is 12.8. The quantitative estimate of drug-likeness (QED) is 0.879. The lowest BCUT2D eigenvalue weighted by molar-refractivity contribution is 0.269. The first-order valence-electron chi connectivity index (χ1n) is 7.38. The van der Waals surface area contributed by atoms with Crippen molar-refractivity contribution in [1.29, 1.82) is 0 Å². The van der Waals surface area contributed by atoms with E-state index in [0.29, 0.717) is 6.54 Å². The van der Waals surface area contributed by atoms with Crippen molar-refractivity contribution in [1.82, 2.24) is 4.90 Å². The first-order chi connectivity index (χ1) is 10.1. The van der Waals surface area contributed by atoms with Gasteiger partial charge in [-0.3, -0.25) is 4.90 Å². The Bertz CT molecular complexity index is 596. The molecule has 0 amide bonds. The van der Waals surface area contributed by atoms with E-state index in [1.807, 2.05) is 6.07 Å². The number of nitrogens with zero attached hydrogens (tertiary/aromatic N) is 1. The molecule has 0 heterocycles. The van der Waals surface area contributed by atoms with Crippen molar-refractivity contribution in [3.05, 3.63) is 70.5 Å². The smallest absolute Gasteiger partial charge is 0.123 e. The molecule has 0 aliphatic rings. The molecular weight excluding hydrogens is 263 g/mol. The van der Waals surface area contributed by atoms with Gasteiger partial charge in [-0.1, -0.05) is 37.3 Å². The second-order valence-corrected chi connectivity index (χ2v) is 5.35. The van der Waals surface area contributed by atoms with E-state index in [0.717, 1.165) is 30.8 Å². The zero-order valence-corrected chi connectivity index (χ0v) is 12.8. The van der Waals surface area contributed by atoms with E-state index >= 15 is 0 Å². The highest BCUT2D eigenvalue weighted by Crippen LogP contribution is 2.17. The van der Waals surface area contributed by atoms with Gasteiger partial charge in [0.1, 0.15) is 5.82 Å². The lowest BCUT2D eigenvalue weighted by Crippen LogP contribution is -2.23. The van der Waals surface area contributed by atoms with Crippen LogP contribution in [-0.4, -0.2) is 11.4 Å². The van der Waals surface area contributed by atoms with Crippen LogP contribution >= 0.6 is 0 Å². The Hall–Kier alpha value is -1.71. The Labute approximate surface area is 126 Å². The number of benzene rings is 2. The normalized spacial score (nSPS) is 11.1. The lowest BCUT2D eigenvalue weighted by atomic mass is 10.1. The van der Waals surface area contributed by atoms with Crippen molar-refractivity contribution < 1.29 is 4.39 Å². The van der Waals surface area contributed by atoms with E-state index in [-0.39, 0.29) is 5.82 Å². The Balaban J connectivity index is 2.16. The summed E-state index contributed by atoms with van der Waals surface area (Å²) in [7, 11) is 0. The van der Waals surface area contributed by atoms with Crippen LogP contribution in [0.25, 0.3) is 0 Å². The van der Waals surface area contributed by atoms with E-state index < -0.39 is 0 Å². The number of nitrogens with two attached hydrogens (primary N) is 1. The maximum atomic E-state index is 13.5. The van der Waals surface area contributed by atoms with Gasteiger partial charge in [-0.25, -0.2) is 4.39 Å². The summed E-state index contributed by atoms with van der Waals surface area (Å²) in [6, 6.07) is 13.2. The number of halogens is 1. The fourth-order valence-electron chi connectivity index (χ4n) is 2.49. The van der Waals surface area contributed by atoms with Crippen molar-refractivity contribution in [3.63, 3.8) is 0 Å². The summed E-state index contributed by atoms with van der Waals surface area (Å²) in [6.45, 7) is 7.18. The van der Waals surface area contributed by atoms with Gasteiger partial charge in [0.25, 0.3) is 0 Å². The molecule has 21 heavy (non-hydrogen) atoms. The molecule has 0 atom stereocenters. The Morgan fingerprint density at radius 2 is 1.71 bits per heavy atom. The monoisotopic (exact) mass is 286 g/mol. The maximum absolute atomic E-state index is 13.5. The summed E-state index contributed by atoms with van der Waals surface area (Å²) in [5, 5.41) is 0. The fraction of sp³-hybridized carbons (Fsp3) is 0.333. The van der Waals surface area contributed by atoms with Gasteiger partial charge in [-0.2, -0.15) is 0 Å². The second kappa shape index (κ2) is 7.34. The minimum atomic E-state index is -0.200. The van der Waals surface area contributed by atoms with Crippen LogP contribution in [0, 0.1) is 12.7 Å². The molecule has 0 radical (unpaired) electrons. The number of hydrogen-bond acceptors (Lipinski definition) is 2. The van der Waals surface area contributed by atoms with Crippen molar-refractivity contribution in [2.75, 3.05) is 6.54 Å². The third-order valence-corrected chi connectivity index (χ3v) is 3.88. The molecular formula is C18H23FN2. The summed E-state index contributed by atoms with van der Waals surface area (Å²) < 4.78 is 13.5. The lowest BCUT2D eigenvalue weighted by Gasteiger charge is -2.23. The van der Waals surface area contributed by atoms with Crippen molar-refractivity contribution in [3.8, 4) is 0 Å². The summed E-state index contributed by atoms with van der Waals surface area (Å²) in [5.41, 5.74) is 10.3. The Kier molecular flexibility index (Phi) is 5.48. The molecule has 2 nitrogen and oxygen atoms in total. The van der Waals surface area contributed by atoms with Gasteiger partial charge in [-0.05, 0) is 47.9 Å². The first kappa shape index (κ1) is 15.7. The molecule has 0 bridgehead atoms. The van der Waals surface area contributed by atoms with Gasteiger partial charge in [-0.15, -0.1) is 0 Å². The van der Waals surface area contributed by atoms with E-state index in [1.165, 1.54) is 17.2 Å². The van der Waals surface area contributed by atoms with Gasteiger partial charge < -0.3 is 5.73 Å². The summed E-state index contributed by atoms with van der Waals surface area (Å²) >= 11 is 0. The highest BCUT2D eigenvalue weighted by Gasteiger charge is 2.10. The molecule has 0 aromatic heterocycles. The molecule has 2 aromatic rings. The largest absolute Gasteiger partial charge is 0.326 e. The second-order valence-electron chi connectivity index (χ2n) is 5.35. The molecule has 2 rings (SSSR count). The Morgan fingerprint density at radius 3 is 2.38 bits per heavy atom. The zero-order chi connectivity index (χ0) is 15.2. The van der Waals surface area contributed by atoms with Gasteiger partial charge in [0.15, 0.2) is 0 Å². The van der Waals surface area contributed by atoms with Gasteiger partial charge in [0, 0.05) is 19.6 Å². The van der Waals surface area contributed by atoms with Crippen LogP contribution < -0.4 is 5.73 Å². The average Bonchev–Trinajstić information content (AvgIpc) is 2.49. The summed E-state index contributed by atoms with van der Waals surface area (Å²) in [4.78, 5) is 2.30. The van der Waals surface area contributed by atoms with Crippen molar-refractivity contribution in [2.24, 2.45) is 5.73 Å². The molecule has 0 fully saturated rings. The van der Waals surface area contributed by atoms with Crippen LogP contribution in [0.15, 0.2) is 42.5 Å². The van der Waals surface area contributed by atoms with E-state index in [9.17, 15) is 4.39 Å². The van der Waals surface area contributed by atoms with Crippen LogP contribution in [-0.2, 0) is 19.6 Å². The molecule has 0 spiro atoms. The maximum Gasteiger partial charge on any atom is 0.123 e. The fourth-order valence-corrected chi connectivity index (χ4v) is 2.49. The molecule has 3 heteroatoms. The molecule has 0 aliphatic carbocycles. The number of aryl methyl sites for hydroxylation is 1. The highest BCUT2D eigenvalue weighted by molar-refractivity contribution is 5.29. The molecule has 0 saturated heterocycles. The van der Waals surface area contributed by atoms with Crippen LogP contribution in [0.3, 0.4) is 0 Å². The standard InChI is InChI=1S/C18H23FN2/c1-3-21(12-16-7-5-4-6-14(16)2)13-17-10-18(19)9-8-15(17)11-20/h4-10H,3,11-13,20H2,1-2H3. The minimum absolute atomic E-state index is 0.200. The van der Waals surface area contributed by atoms with Crippen LogP contribution in [0.1, 0.15) is 29.2 Å². The van der Waals surface area contributed by atoms with Gasteiger partial charge in [0.2, 0.25) is 0 Å². The van der Waals surface area contributed by atoms with Crippen LogP contribution in [0.4, 0.5) is 4.39 Å². The van der Waals surface area contributed by atoms with Crippen molar-refractivity contribution in [2.45, 2.75) is 33.5 Å². The number of rotatable bonds is 6. The molecule has 0 unspecified atom stereocenters. The average molecular weight is 286 g/mol. The first-order valence-corrected chi connectivity index (χ1v) is 7.38. The predicted octanol–water partition coefficient (Wildman–Crippen LogP) is 3.61. The molecule has 0 aliphatic heterocycles. The van der Waals surface area contributed by atoms with Crippen LogP contribution in [0.5, 0.6) is 0 Å². The van der Waals surface area contributed by atoms with E-state index in [1.54, 1.807) is 12.1 Å². The third kappa shape index (κ3) is 4.13. The number of hydrogen-bond donors (Lipinski definition) is 1. The molecule has 2 N–H and O–H groups in total. The topological polar surface area (TPSA) is 29.3 Å². The van der Waals surface area contributed by atoms with Gasteiger partial charge >= 0.3 is 0 Å². The summed E-state index contributed by atoms with van der Waals surface area (Å²) in [6.07, 6.45) is 0. The van der Waals surface area contributed by atoms with Crippen LogP contribution in [0.2, 0.25) is 0 Å². The van der Waals surface area contributed by atoms with E-state index in [4.69, 9.17) is 5.73 Å². The Morgan fingerprint density at radius 1 is 1.00 bits per heavy atom. The highest BCUT2D eigenvalue weighted by atomic mass is 19.1. The molecule has 0 saturated carbocycles. The molecule has 2 aromatic carbocycles. The predicted molar refractivity (Wildman–Crippen MR) is 85.3 cm³/mol. The summed E-state index contributed by atoms with van der Waals surface area (Å²) in [5.74, 6) is -0.200. The third-order valence-electron chi connectivity index (χ3n) is 3.88. The SMILES string of the molecule is CCN(Cc1ccccc1C)Cc1cc(F)ccc1CN. The van der Waals surface area contributed by atoms with E-state index in [2.05, 4.69) is 36.9 Å². The minimum Gasteiger partial charge on any atom is -0.326 e. The van der Waals surface area contributed by atoms with Gasteiger partial charge in [0.05, 0.1) is 0 Å². The molecule has 112 valence electrons.